The van der Waals surface area contributed by atoms with E-state index in [2.05, 4.69) is 5.32 Å². The minimum atomic E-state index is -4.23. The molecule has 0 fully saturated rings. The third kappa shape index (κ3) is 7.30. The lowest BCUT2D eigenvalue weighted by Gasteiger charge is -2.32. The van der Waals surface area contributed by atoms with Crippen molar-refractivity contribution in [3.05, 3.63) is 84.2 Å². The Kier molecular flexibility index (Phi) is 10.4. The summed E-state index contributed by atoms with van der Waals surface area (Å²) < 4.78 is 48.1. The number of rotatable bonds is 12. The number of sulfonamides is 1. The second-order valence-electron chi connectivity index (χ2n) is 8.53. The van der Waals surface area contributed by atoms with E-state index in [1.165, 1.54) is 60.1 Å². The van der Waals surface area contributed by atoms with Crippen LogP contribution in [0.2, 0.25) is 0 Å². The van der Waals surface area contributed by atoms with E-state index < -0.39 is 40.2 Å². The molecule has 1 N–H and O–H groups in total. The van der Waals surface area contributed by atoms with E-state index in [4.69, 9.17) is 4.74 Å². The van der Waals surface area contributed by atoms with Gasteiger partial charge in [-0.15, -0.1) is 11.8 Å². The van der Waals surface area contributed by atoms with Gasteiger partial charge < -0.3 is 15.0 Å². The molecule has 39 heavy (non-hydrogen) atoms. The van der Waals surface area contributed by atoms with E-state index in [0.717, 1.165) is 9.20 Å². The predicted molar refractivity (Wildman–Crippen MR) is 151 cm³/mol. The molecule has 2 amide bonds. The lowest BCUT2D eigenvalue weighted by atomic mass is 10.1. The molecule has 3 aromatic carbocycles. The number of amides is 2. The van der Waals surface area contributed by atoms with Crippen LogP contribution in [0.1, 0.15) is 19.4 Å². The van der Waals surface area contributed by atoms with Crippen molar-refractivity contribution in [1.82, 2.24) is 10.2 Å². The summed E-state index contributed by atoms with van der Waals surface area (Å²) in [7, 11) is -2.78. The van der Waals surface area contributed by atoms with Gasteiger partial charge in [0.25, 0.3) is 10.0 Å². The van der Waals surface area contributed by atoms with E-state index in [1.807, 2.05) is 6.26 Å². The molecule has 0 radical (unpaired) electrons. The van der Waals surface area contributed by atoms with Crippen LogP contribution in [-0.2, 0) is 26.2 Å². The Morgan fingerprint density at radius 3 is 2.26 bits per heavy atom. The molecule has 0 aliphatic rings. The molecule has 0 spiro atoms. The van der Waals surface area contributed by atoms with Crippen molar-refractivity contribution in [1.29, 1.82) is 0 Å². The molecular formula is C28H32FN3O5S2. The Morgan fingerprint density at radius 1 is 1.03 bits per heavy atom. The van der Waals surface area contributed by atoms with Gasteiger partial charge in [-0.1, -0.05) is 24.3 Å². The topological polar surface area (TPSA) is 96.0 Å². The van der Waals surface area contributed by atoms with Crippen LogP contribution in [-0.4, -0.2) is 57.6 Å². The van der Waals surface area contributed by atoms with Crippen molar-refractivity contribution in [2.24, 2.45) is 0 Å². The second kappa shape index (κ2) is 13.5. The molecule has 3 rings (SSSR count). The number of hydrogen-bond donors (Lipinski definition) is 1. The van der Waals surface area contributed by atoms with Crippen molar-refractivity contribution in [3.8, 4) is 5.75 Å². The largest absolute Gasteiger partial charge is 0.492 e. The quantitative estimate of drug-likeness (QED) is 0.325. The van der Waals surface area contributed by atoms with E-state index in [-0.39, 0.29) is 23.7 Å². The Morgan fingerprint density at radius 2 is 1.67 bits per heavy atom. The fraction of sp³-hybridized carbons (Fsp3) is 0.286. The standard InChI is InChI=1S/C28H32FN3O5S2/c1-5-37-26-9-7-6-8-25(26)32(39(35,36)24-16-14-23(38-4)15-17-24)19-27(33)31(20(2)28(34)30-3)18-21-10-12-22(29)13-11-21/h6-17,20H,5,18-19H2,1-4H3,(H,30,34). The van der Waals surface area contributed by atoms with Crippen LogP contribution >= 0.6 is 11.8 Å². The number of benzene rings is 3. The zero-order valence-electron chi connectivity index (χ0n) is 22.3. The van der Waals surface area contributed by atoms with Gasteiger partial charge in [-0.05, 0) is 74.2 Å². The molecule has 11 heteroatoms. The fourth-order valence-electron chi connectivity index (χ4n) is 3.91. The van der Waals surface area contributed by atoms with E-state index in [1.54, 1.807) is 50.2 Å². The fourth-order valence-corrected chi connectivity index (χ4v) is 5.74. The zero-order valence-corrected chi connectivity index (χ0v) is 23.9. The van der Waals surface area contributed by atoms with E-state index >= 15 is 0 Å². The Balaban J connectivity index is 2.08. The molecule has 8 nitrogen and oxygen atoms in total. The van der Waals surface area contributed by atoms with Crippen molar-refractivity contribution in [2.75, 3.05) is 30.8 Å². The van der Waals surface area contributed by atoms with Gasteiger partial charge in [0, 0.05) is 18.5 Å². The highest BCUT2D eigenvalue weighted by molar-refractivity contribution is 7.98. The number of hydrogen-bond acceptors (Lipinski definition) is 6. The van der Waals surface area contributed by atoms with Crippen molar-refractivity contribution in [2.45, 2.75) is 36.2 Å². The molecule has 0 bridgehead atoms. The first-order chi connectivity index (χ1) is 18.6. The number of likely N-dealkylation sites (N-methyl/N-ethyl adjacent to an activating group) is 1. The van der Waals surface area contributed by atoms with Gasteiger partial charge in [0.05, 0.1) is 17.2 Å². The minimum Gasteiger partial charge on any atom is -0.492 e. The molecular weight excluding hydrogens is 541 g/mol. The minimum absolute atomic E-state index is 0.00355. The smallest absolute Gasteiger partial charge is 0.264 e. The first kappa shape index (κ1) is 30.0. The van der Waals surface area contributed by atoms with Crippen LogP contribution < -0.4 is 14.4 Å². The molecule has 0 saturated heterocycles. The second-order valence-corrected chi connectivity index (χ2v) is 11.3. The van der Waals surface area contributed by atoms with Gasteiger partial charge in [0.15, 0.2) is 0 Å². The van der Waals surface area contributed by atoms with Gasteiger partial charge in [-0.3, -0.25) is 13.9 Å². The number of thioether (sulfide) groups is 1. The third-order valence-electron chi connectivity index (χ3n) is 6.04. The van der Waals surface area contributed by atoms with Crippen molar-refractivity contribution < 1.29 is 27.1 Å². The molecule has 0 aromatic heterocycles. The highest BCUT2D eigenvalue weighted by atomic mass is 32.2. The van der Waals surface area contributed by atoms with E-state index in [0.29, 0.717) is 11.3 Å². The number of carbonyl (C=O) groups excluding carboxylic acids is 2. The lowest BCUT2D eigenvalue weighted by molar-refractivity contribution is -0.139. The predicted octanol–water partition coefficient (Wildman–Crippen LogP) is 4.30. The Bertz CT molecular complexity index is 1380. The van der Waals surface area contributed by atoms with Crippen LogP contribution in [0.15, 0.2) is 82.6 Å². The van der Waals surface area contributed by atoms with Gasteiger partial charge in [0.2, 0.25) is 11.8 Å². The van der Waals surface area contributed by atoms with Crippen LogP contribution in [0.4, 0.5) is 10.1 Å². The summed E-state index contributed by atoms with van der Waals surface area (Å²) in [6, 6.07) is 17.6. The van der Waals surface area contributed by atoms with Crippen LogP contribution in [0.5, 0.6) is 5.75 Å². The first-order valence-corrected chi connectivity index (χ1v) is 14.9. The molecule has 3 aromatic rings. The monoisotopic (exact) mass is 573 g/mol. The van der Waals surface area contributed by atoms with Crippen LogP contribution in [0.3, 0.4) is 0 Å². The van der Waals surface area contributed by atoms with Crippen LogP contribution in [0, 0.1) is 5.82 Å². The lowest BCUT2D eigenvalue weighted by Crippen LogP contribution is -2.50. The van der Waals surface area contributed by atoms with Crippen LogP contribution in [0.25, 0.3) is 0 Å². The number of anilines is 1. The number of para-hydroxylation sites is 2. The van der Waals surface area contributed by atoms with E-state index in [9.17, 15) is 22.4 Å². The third-order valence-corrected chi connectivity index (χ3v) is 8.56. The molecule has 208 valence electrons. The summed E-state index contributed by atoms with van der Waals surface area (Å²) in [6.07, 6.45) is 1.89. The maximum Gasteiger partial charge on any atom is 0.264 e. The molecule has 0 saturated carbocycles. The SMILES string of the molecule is CCOc1ccccc1N(CC(=O)N(Cc1ccc(F)cc1)C(C)C(=O)NC)S(=O)(=O)c1ccc(SC)cc1. The summed E-state index contributed by atoms with van der Waals surface area (Å²) in [5.41, 5.74) is 0.772. The summed E-state index contributed by atoms with van der Waals surface area (Å²) >= 11 is 1.48. The normalized spacial score (nSPS) is 11.9. The number of carbonyl (C=O) groups is 2. The highest BCUT2D eigenvalue weighted by Gasteiger charge is 2.33. The summed E-state index contributed by atoms with van der Waals surface area (Å²) in [5, 5.41) is 2.53. The molecule has 0 aliphatic carbocycles. The number of ether oxygens (including phenoxy) is 1. The van der Waals surface area contributed by atoms with Gasteiger partial charge in [-0.25, -0.2) is 12.8 Å². The number of nitrogens with one attached hydrogen (secondary N) is 1. The molecule has 1 unspecified atom stereocenters. The highest BCUT2D eigenvalue weighted by Crippen LogP contribution is 2.33. The molecule has 0 heterocycles. The zero-order chi connectivity index (χ0) is 28.6. The maximum atomic E-state index is 14.0. The van der Waals surface area contributed by atoms with Crippen molar-refractivity contribution in [3.63, 3.8) is 0 Å². The summed E-state index contributed by atoms with van der Waals surface area (Å²) in [6.45, 7) is 2.98. The average molecular weight is 574 g/mol. The van der Waals surface area contributed by atoms with Gasteiger partial charge in [-0.2, -0.15) is 0 Å². The Hall–Kier alpha value is -3.57. The first-order valence-electron chi connectivity index (χ1n) is 12.3. The molecule has 0 aliphatic heterocycles. The maximum absolute atomic E-state index is 14.0. The van der Waals surface area contributed by atoms with Crippen molar-refractivity contribution >= 4 is 39.3 Å². The Labute approximate surface area is 233 Å². The number of nitrogens with zero attached hydrogens (tertiary/aromatic N) is 2. The average Bonchev–Trinajstić information content (AvgIpc) is 2.95. The summed E-state index contributed by atoms with van der Waals surface area (Å²) in [5.74, 6) is -1.19. The van der Waals surface area contributed by atoms with Gasteiger partial charge in [0.1, 0.15) is 24.2 Å². The number of halogens is 1. The van der Waals surface area contributed by atoms with Gasteiger partial charge >= 0.3 is 0 Å². The summed E-state index contributed by atoms with van der Waals surface area (Å²) in [4.78, 5) is 28.5. The molecule has 1 atom stereocenters.